The average molecular weight is 218 g/mol. The van der Waals surface area contributed by atoms with Crippen LogP contribution in [0.25, 0.3) is 0 Å². The van der Waals surface area contributed by atoms with Gasteiger partial charge < -0.3 is 0 Å². The first-order valence-corrected chi connectivity index (χ1v) is 6.59. The van der Waals surface area contributed by atoms with Gasteiger partial charge in [0.25, 0.3) is 0 Å². The van der Waals surface area contributed by atoms with E-state index in [4.69, 9.17) is 4.98 Å². The molecule has 2 aliphatic rings. The van der Waals surface area contributed by atoms with Crippen molar-refractivity contribution in [1.29, 1.82) is 5.26 Å². The van der Waals surface area contributed by atoms with E-state index in [1.165, 1.54) is 31.4 Å². The minimum atomic E-state index is -0.202. The SMILES string of the molecule is N#CC1(c2nc(C3CCC3)cs2)CCC1. The highest BCUT2D eigenvalue weighted by atomic mass is 32.1. The molecule has 0 unspecified atom stereocenters. The van der Waals surface area contributed by atoms with Gasteiger partial charge in [0, 0.05) is 11.3 Å². The molecule has 2 aliphatic carbocycles. The van der Waals surface area contributed by atoms with E-state index < -0.39 is 0 Å². The van der Waals surface area contributed by atoms with Gasteiger partial charge in [-0.2, -0.15) is 5.26 Å². The fourth-order valence-corrected chi connectivity index (χ4v) is 3.41. The van der Waals surface area contributed by atoms with Crippen LogP contribution in [0.4, 0.5) is 0 Å². The van der Waals surface area contributed by atoms with Crippen molar-refractivity contribution < 1.29 is 0 Å². The van der Waals surface area contributed by atoms with Crippen LogP contribution in [0.2, 0.25) is 0 Å². The van der Waals surface area contributed by atoms with Crippen LogP contribution in [0.3, 0.4) is 0 Å². The summed E-state index contributed by atoms with van der Waals surface area (Å²) in [6.45, 7) is 0. The van der Waals surface area contributed by atoms with Crippen molar-refractivity contribution in [3.8, 4) is 6.07 Å². The van der Waals surface area contributed by atoms with Crippen molar-refractivity contribution in [1.82, 2.24) is 4.98 Å². The zero-order chi connectivity index (χ0) is 10.3. The molecule has 3 heteroatoms. The molecular formula is C12H14N2S. The lowest BCUT2D eigenvalue weighted by Crippen LogP contribution is -2.32. The van der Waals surface area contributed by atoms with E-state index in [9.17, 15) is 5.26 Å². The van der Waals surface area contributed by atoms with Crippen LogP contribution >= 0.6 is 11.3 Å². The Morgan fingerprint density at radius 2 is 2.20 bits per heavy atom. The second-order valence-electron chi connectivity index (χ2n) is 4.75. The molecule has 0 saturated heterocycles. The molecule has 0 aliphatic heterocycles. The highest BCUT2D eigenvalue weighted by Crippen LogP contribution is 2.46. The summed E-state index contributed by atoms with van der Waals surface area (Å²) in [4.78, 5) is 4.69. The van der Waals surface area contributed by atoms with Gasteiger partial charge in [-0.15, -0.1) is 11.3 Å². The first-order valence-electron chi connectivity index (χ1n) is 5.71. The number of hydrogen-bond donors (Lipinski definition) is 0. The lowest BCUT2D eigenvalue weighted by molar-refractivity contribution is 0.320. The molecule has 0 amide bonds. The summed E-state index contributed by atoms with van der Waals surface area (Å²) in [5.74, 6) is 0.700. The third-order valence-corrected chi connectivity index (χ3v) is 4.94. The zero-order valence-electron chi connectivity index (χ0n) is 8.70. The van der Waals surface area contributed by atoms with Gasteiger partial charge in [-0.25, -0.2) is 4.98 Å². The first kappa shape index (κ1) is 9.35. The Kier molecular flexibility index (Phi) is 2.07. The second-order valence-corrected chi connectivity index (χ2v) is 5.61. The van der Waals surface area contributed by atoms with E-state index in [1.54, 1.807) is 11.3 Å². The summed E-state index contributed by atoms with van der Waals surface area (Å²) in [5.41, 5.74) is 1.05. The van der Waals surface area contributed by atoms with E-state index in [-0.39, 0.29) is 5.41 Å². The molecular weight excluding hydrogens is 204 g/mol. The Balaban J connectivity index is 1.86. The third-order valence-electron chi connectivity index (χ3n) is 3.88. The summed E-state index contributed by atoms with van der Waals surface area (Å²) < 4.78 is 0. The van der Waals surface area contributed by atoms with Gasteiger partial charge >= 0.3 is 0 Å². The first-order chi connectivity index (χ1) is 7.34. The van der Waals surface area contributed by atoms with E-state index in [0.717, 1.165) is 17.8 Å². The molecule has 1 aromatic rings. The van der Waals surface area contributed by atoms with Gasteiger partial charge in [0.2, 0.25) is 0 Å². The predicted octanol–water partition coefficient (Wildman–Crippen LogP) is 3.36. The second kappa shape index (κ2) is 3.31. The molecule has 0 spiro atoms. The van der Waals surface area contributed by atoms with Gasteiger partial charge in [0.15, 0.2) is 0 Å². The molecule has 15 heavy (non-hydrogen) atoms. The summed E-state index contributed by atoms with van der Waals surface area (Å²) in [7, 11) is 0. The summed E-state index contributed by atoms with van der Waals surface area (Å²) in [6.07, 6.45) is 7.15. The molecule has 0 atom stereocenters. The maximum absolute atomic E-state index is 9.23. The number of nitriles is 1. The number of hydrogen-bond acceptors (Lipinski definition) is 3. The van der Waals surface area contributed by atoms with Crippen LogP contribution in [0.1, 0.15) is 55.1 Å². The third kappa shape index (κ3) is 1.32. The smallest absolute Gasteiger partial charge is 0.113 e. The van der Waals surface area contributed by atoms with Gasteiger partial charge in [-0.05, 0) is 32.1 Å². The molecule has 3 rings (SSSR count). The molecule has 0 N–H and O–H groups in total. The molecule has 0 bridgehead atoms. The quantitative estimate of drug-likeness (QED) is 0.763. The standard InChI is InChI=1S/C12H14N2S/c13-8-12(5-2-6-12)11-14-10(7-15-11)9-3-1-4-9/h7,9H,1-6H2. The summed E-state index contributed by atoms with van der Waals surface area (Å²) in [5, 5.41) is 12.5. The number of aromatic nitrogens is 1. The van der Waals surface area contributed by atoms with Gasteiger partial charge in [-0.3, -0.25) is 0 Å². The Hall–Kier alpha value is -0.880. The summed E-state index contributed by atoms with van der Waals surface area (Å²) >= 11 is 1.70. The van der Waals surface area contributed by atoms with Crippen molar-refractivity contribution >= 4 is 11.3 Å². The van der Waals surface area contributed by atoms with Crippen LogP contribution in [0.5, 0.6) is 0 Å². The number of thiazole rings is 1. The lowest BCUT2D eigenvalue weighted by atomic mass is 9.70. The number of nitrogens with zero attached hydrogens (tertiary/aromatic N) is 2. The van der Waals surface area contributed by atoms with Gasteiger partial charge in [0.05, 0.1) is 11.8 Å². The fourth-order valence-electron chi connectivity index (χ4n) is 2.30. The average Bonchev–Trinajstić information content (AvgIpc) is 2.50. The Bertz CT molecular complexity index is 408. The van der Waals surface area contributed by atoms with Crippen molar-refractivity contribution in [3.05, 3.63) is 16.1 Å². The normalized spacial score (nSPS) is 23.9. The molecule has 1 heterocycles. The highest BCUT2D eigenvalue weighted by Gasteiger charge is 2.42. The molecule has 0 radical (unpaired) electrons. The molecule has 2 nitrogen and oxygen atoms in total. The minimum Gasteiger partial charge on any atom is -0.244 e. The van der Waals surface area contributed by atoms with E-state index >= 15 is 0 Å². The van der Waals surface area contributed by atoms with Crippen LogP contribution in [-0.4, -0.2) is 4.98 Å². The summed E-state index contributed by atoms with van der Waals surface area (Å²) in [6, 6.07) is 2.47. The maximum atomic E-state index is 9.23. The highest BCUT2D eigenvalue weighted by molar-refractivity contribution is 7.09. The van der Waals surface area contributed by atoms with Crippen molar-refractivity contribution in [3.63, 3.8) is 0 Å². The van der Waals surface area contributed by atoms with Crippen molar-refractivity contribution in [2.24, 2.45) is 0 Å². The Morgan fingerprint density at radius 1 is 1.40 bits per heavy atom. The van der Waals surface area contributed by atoms with Crippen LogP contribution < -0.4 is 0 Å². The van der Waals surface area contributed by atoms with E-state index in [0.29, 0.717) is 5.92 Å². The molecule has 0 aromatic carbocycles. The molecule has 1 aromatic heterocycles. The zero-order valence-corrected chi connectivity index (χ0v) is 9.52. The monoisotopic (exact) mass is 218 g/mol. The van der Waals surface area contributed by atoms with Crippen LogP contribution in [0.15, 0.2) is 5.38 Å². The lowest BCUT2D eigenvalue weighted by Gasteiger charge is -2.33. The number of rotatable bonds is 2. The van der Waals surface area contributed by atoms with Gasteiger partial charge in [-0.1, -0.05) is 6.42 Å². The predicted molar refractivity (Wildman–Crippen MR) is 59.8 cm³/mol. The van der Waals surface area contributed by atoms with Crippen molar-refractivity contribution in [2.75, 3.05) is 0 Å². The molecule has 2 fully saturated rings. The van der Waals surface area contributed by atoms with Crippen LogP contribution in [-0.2, 0) is 5.41 Å². The topological polar surface area (TPSA) is 36.7 Å². The Morgan fingerprint density at radius 3 is 2.67 bits per heavy atom. The fraction of sp³-hybridized carbons (Fsp3) is 0.667. The Labute approximate surface area is 94.0 Å². The van der Waals surface area contributed by atoms with Crippen LogP contribution in [0, 0.1) is 11.3 Å². The van der Waals surface area contributed by atoms with E-state index in [1.807, 2.05) is 0 Å². The molecule has 2 saturated carbocycles. The largest absolute Gasteiger partial charge is 0.244 e. The molecule has 78 valence electrons. The van der Waals surface area contributed by atoms with Gasteiger partial charge in [0.1, 0.15) is 10.4 Å². The maximum Gasteiger partial charge on any atom is 0.113 e. The minimum absolute atomic E-state index is 0.202. The van der Waals surface area contributed by atoms with E-state index in [2.05, 4.69) is 11.4 Å². The van der Waals surface area contributed by atoms with Crippen molar-refractivity contribution in [2.45, 2.75) is 49.9 Å².